The van der Waals surface area contributed by atoms with Crippen molar-refractivity contribution < 1.29 is 13.5 Å². The Balaban J connectivity index is 1.49. The van der Waals surface area contributed by atoms with E-state index in [-0.39, 0.29) is 11.3 Å². The van der Waals surface area contributed by atoms with Crippen molar-refractivity contribution in [2.24, 2.45) is 0 Å². The van der Waals surface area contributed by atoms with Gasteiger partial charge in [0, 0.05) is 30.1 Å². The van der Waals surface area contributed by atoms with Gasteiger partial charge in [0.05, 0.1) is 11.3 Å². The second-order valence-electron chi connectivity index (χ2n) is 8.30. The van der Waals surface area contributed by atoms with Gasteiger partial charge in [0.15, 0.2) is 0 Å². The largest absolute Gasteiger partial charge is 0.382 e. The lowest BCUT2D eigenvalue weighted by Crippen LogP contribution is -2.40. The summed E-state index contributed by atoms with van der Waals surface area (Å²) in [7, 11) is 0. The van der Waals surface area contributed by atoms with Gasteiger partial charge in [-0.2, -0.15) is 4.98 Å². The molecule has 4 rings (SSSR count). The molecule has 0 spiro atoms. The molecule has 30 heavy (non-hydrogen) atoms. The molecule has 0 bridgehead atoms. The first-order valence-corrected chi connectivity index (χ1v) is 9.93. The number of halogens is 2. The first-order chi connectivity index (χ1) is 14.3. The van der Waals surface area contributed by atoms with E-state index in [0.29, 0.717) is 12.0 Å². The Morgan fingerprint density at radius 3 is 2.53 bits per heavy atom. The molecule has 1 fully saturated rings. The van der Waals surface area contributed by atoms with Crippen molar-refractivity contribution in [1.29, 1.82) is 0 Å². The minimum atomic E-state index is -0.666. The Labute approximate surface area is 174 Å². The number of hydrogen-bond donors (Lipinski definition) is 2. The summed E-state index contributed by atoms with van der Waals surface area (Å²) in [5, 5.41) is 11.0. The number of benzene rings is 2. The van der Waals surface area contributed by atoms with Crippen molar-refractivity contribution in [3.8, 4) is 5.69 Å². The van der Waals surface area contributed by atoms with E-state index in [0.717, 1.165) is 42.5 Å². The number of anilines is 3. The van der Waals surface area contributed by atoms with Crippen LogP contribution in [0.2, 0.25) is 0 Å². The van der Waals surface area contributed by atoms with Crippen LogP contribution in [0.5, 0.6) is 0 Å². The summed E-state index contributed by atoms with van der Waals surface area (Å²) in [6, 6.07) is 9.63. The van der Waals surface area contributed by atoms with Crippen LogP contribution in [0.3, 0.4) is 0 Å². The summed E-state index contributed by atoms with van der Waals surface area (Å²) in [4.78, 5) is 4.20. The zero-order valence-electron chi connectivity index (χ0n) is 17.2. The average molecular weight is 413 g/mol. The molecule has 1 saturated heterocycles. The van der Waals surface area contributed by atoms with Crippen LogP contribution in [0.4, 0.5) is 26.1 Å². The Morgan fingerprint density at radius 2 is 1.80 bits per heavy atom. The lowest BCUT2D eigenvalue weighted by Gasteiger charge is -2.36. The van der Waals surface area contributed by atoms with Gasteiger partial charge in [0.25, 0.3) is 0 Å². The second-order valence-corrected chi connectivity index (χ2v) is 8.30. The minimum Gasteiger partial charge on any atom is -0.382 e. The molecule has 8 heteroatoms. The number of aryl methyl sites for hydroxylation is 1. The molecule has 1 aliphatic rings. The first kappa shape index (κ1) is 20.3. The molecule has 0 saturated carbocycles. The molecule has 0 amide bonds. The monoisotopic (exact) mass is 413 g/mol. The van der Waals surface area contributed by atoms with Crippen LogP contribution in [-0.2, 0) is 4.74 Å². The molecule has 0 aliphatic carbocycles. The molecule has 6 nitrogen and oxygen atoms in total. The predicted molar refractivity (Wildman–Crippen MR) is 112 cm³/mol. The maximum Gasteiger partial charge on any atom is 0.246 e. The molecule has 1 atom stereocenters. The van der Waals surface area contributed by atoms with E-state index in [1.54, 1.807) is 0 Å². The van der Waals surface area contributed by atoms with Gasteiger partial charge in [-0.15, -0.1) is 5.10 Å². The Morgan fingerprint density at radius 1 is 1.07 bits per heavy atom. The maximum atomic E-state index is 13.5. The zero-order valence-corrected chi connectivity index (χ0v) is 17.2. The smallest absolute Gasteiger partial charge is 0.246 e. The van der Waals surface area contributed by atoms with Crippen LogP contribution < -0.4 is 10.6 Å². The Kier molecular flexibility index (Phi) is 5.42. The van der Waals surface area contributed by atoms with E-state index >= 15 is 0 Å². The van der Waals surface area contributed by atoms with Crippen molar-refractivity contribution in [3.05, 3.63) is 59.9 Å². The summed E-state index contributed by atoms with van der Waals surface area (Å²) in [5.41, 5.74) is 3.05. The highest BCUT2D eigenvalue weighted by Crippen LogP contribution is 2.28. The number of ether oxygens (including phenoxy) is 1. The van der Waals surface area contributed by atoms with Gasteiger partial charge in [-0.25, -0.2) is 13.5 Å². The van der Waals surface area contributed by atoms with E-state index in [1.165, 1.54) is 23.1 Å². The molecule has 0 radical (unpaired) electrons. The van der Waals surface area contributed by atoms with Gasteiger partial charge < -0.3 is 15.4 Å². The van der Waals surface area contributed by atoms with Gasteiger partial charge in [0.2, 0.25) is 5.95 Å². The van der Waals surface area contributed by atoms with Crippen molar-refractivity contribution in [2.45, 2.75) is 45.3 Å². The standard InChI is InChI=1S/C22H25F2N5O/c1-14-6-18(26-17-4-5-30-22(2,3)12-17)11-19(7-14)27-21-25-13-29(28-21)20-9-15(23)8-16(24)10-20/h6-11,13,17,26H,4-5,12H2,1-3H3,(H,27,28). The molecule has 2 heterocycles. The maximum absolute atomic E-state index is 13.5. The van der Waals surface area contributed by atoms with E-state index in [9.17, 15) is 8.78 Å². The van der Waals surface area contributed by atoms with Crippen LogP contribution in [0.25, 0.3) is 5.69 Å². The third-order valence-electron chi connectivity index (χ3n) is 5.01. The van der Waals surface area contributed by atoms with Crippen LogP contribution in [0, 0.1) is 18.6 Å². The van der Waals surface area contributed by atoms with Gasteiger partial charge >= 0.3 is 0 Å². The molecule has 1 unspecified atom stereocenters. The molecule has 1 aliphatic heterocycles. The third-order valence-corrected chi connectivity index (χ3v) is 5.01. The number of rotatable bonds is 5. The fourth-order valence-electron chi connectivity index (χ4n) is 3.77. The van der Waals surface area contributed by atoms with Gasteiger partial charge in [0.1, 0.15) is 18.0 Å². The van der Waals surface area contributed by atoms with Gasteiger partial charge in [-0.05, 0) is 69.5 Å². The number of nitrogens with zero attached hydrogens (tertiary/aromatic N) is 3. The Hall–Kier alpha value is -3.00. The predicted octanol–water partition coefficient (Wildman–Crippen LogP) is 4.97. The zero-order chi connectivity index (χ0) is 21.3. The number of hydrogen-bond acceptors (Lipinski definition) is 5. The quantitative estimate of drug-likeness (QED) is 0.619. The van der Waals surface area contributed by atoms with Gasteiger partial charge in [-0.3, -0.25) is 0 Å². The van der Waals surface area contributed by atoms with Crippen LogP contribution in [0.15, 0.2) is 42.7 Å². The van der Waals surface area contributed by atoms with Crippen molar-refractivity contribution in [2.75, 3.05) is 17.2 Å². The normalized spacial score (nSPS) is 18.2. The average Bonchev–Trinajstić information content (AvgIpc) is 3.08. The highest BCUT2D eigenvalue weighted by atomic mass is 19.1. The summed E-state index contributed by atoms with van der Waals surface area (Å²) in [6.07, 6.45) is 3.30. The molecule has 158 valence electrons. The molecular formula is C22H25F2N5O. The topological polar surface area (TPSA) is 64.0 Å². The highest BCUT2D eigenvalue weighted by molar-refractivity contribution is 5.63. The number of aromatic nitrogens is 3. The Bertz CT molecular complexity index is 1030. The van der Waals surface area contributed by atoms with Crippen molar-refractivity contribution in [1.82, 2.24) is 14.8 Å². The summed E-state index contributed by atoms with van der Waals surface area (Å²) >= 11 is 0. The van der Waals surface area contributed by atoms with E-state index in [2.05, 4.69) is 40.6 Å². The fourth-order valence-corrected chi connectivity index (χ4v) is 3.77. The first-order valence-electron chi connectivity index (χ1n) is 9.93. The molecule has 3 aromatic rings. The highest BCUT2D eigenvalue weighted by Gasteiger charge is 2.28. The van der Waals surface area contributed by atoms with Crippen LogP contribution in [0.1, 0.15) is 32.3 Å². The minimum absolute atomic E-state index is 0.131. The van der Waals surface area contributed by atoms with E-state index in [4.69, 9.17) is 4.74 Å². The van der Waals surface area contributed by atoms with Crippen LogP contribution in [-0.4, -0.2) is 33.0 Å². The molecule has 2 aromatic carbocycles. The van der Waals surface area contributed by atoms with E-state index < -0.39 is 11.6 Å². The van der Waals surface area contributed by atoms with Crippen molar-refractivity contribution in [3.63, 3.8) is 0 Å². The summed E-state index contributed by atoms with van der Waals surface area (Å²) in [6.45, 7) is 6.97. The third kappa shape index (κ3) is 4.94. The SMILES string of the molecule is Cc1cc(Nc2ncn(-c3cc(F)cc(F)c3)n2)cc(NC2CCOC(C)(C)C2)c1. The second kappa shape index (κ2) is 8.02. The fraction of sp³-hybridized carbons (Fsp3) is 0.364. The van der Waals surface area contributed by atoms with E-state index in [1.807, 2.05) is 19.1 Å². The lowest BCUT2D eigenvalue weighted by atomic mass is 9.93. The van der Waals surface area contributed by atoms with Crippen molar-refractivity contribution >= 4 is 17.3 Å². The summed E-state index contributed by atoms with van der Waals surface area (Å²) < 4.78 is 34.1. The molecule has 1 aromatic heterocycles. The number of nitrogens with one attached hydrogen (secondary N) is 2. The summed E-state index contributed by atoms with van der Waals surface area (Å²) in [5.74, 6) is -0.996. The molecule has 2 N–H and O–H groups in total. The molecular weight excluding hydrogens is 388 g/mol. The van der Waals surface area contributed by atoms with Gasteiger partial charge in [-0.1, -0.05) is 0 Å². The lowest BCUT2D eigenvalue weighted by molar-refractivity contribution is -0.0553. The van der Waals surface area contributed by atoms with Crippen LogP contribution >= 0.6 is 0 Å².